The number of carbonyl (C=O) groups is 1. The molecular formula is C26H28N4O2. The number of nitrogens with one attached hydrogen (secondary N) is 1. The molecule has 1 saturated heterocycles. The van der Waals surface area contributed by atoms with Crippen molar-refractivity contribution in [3.8, 4) is 17.0 Å². The predicted molar refractivity (Wildman–Crippen MR) is 126 cm³/mol. The first-order chi connectivity index (χ1) is 15.7. The number of aryl methyl sites for hydroxylation is 1. The fraction of sp³-hybridized carbons (Fsp3) is 0.308. The second-order valence-electron chi connectivity index (χ2n) is 8.37. The number of likely N-dealkylation sites (tertiary alicyclic amines) is 1. The molecule has 0 atom stereocenters. The number of para-hydroxylation sites is 1. The standard InChI is InChI=1S/C26H28N4O2/c1-32-21-8-6-19(7-9-21)26-23(22-4-2-3-5-24(22)28-26)10-11-25(31)29-15-12-20(13-16-29)30-17-14-27-18-30/h2-9,14,17-18,20,28H,10-13,15-16H2,1H3. The fourth-order valence-electron chi connectivity index (χ4n) is 4.75. The van der Waals surface area contributed by atoms with Gasteiger partial charge in [0, 0.05) is 54.5 Å². The molecule has 6 heteroatoms. The van der Waals surface area contributed by atoms with E-state index in [0.29, 0.717) is 18.9 Å². The van der Waals surface area contributed by atoms with E-state index >= 15 is 0 Å². The van der Waals surface area contributed by atoms with Crippen molar-refractivity contribution in [1.29, 1.82) is 0 Å². The predicted octanol–water partition coefficient (Wildman–Crippen LogP) is 4.84. The molecule has 3 heterocycles. The van der Waals surface area contributed by atoms with Gasteiger partial charge in [-0.3, -0.25) is 4.79 Å². The SMILES string of the molecule is COc1ccc(-c2[nH]c3ccccc3c2CCC(=O)N2CCC(n3ccnc3)CC2)cc1. The lowest BCUT2D eigenvalue weighted by Gasteiger charge is -2.32. The third-order valence-corrected chi connectivity index (χ3v) is 6.54. The first kappa shape index (κ1) is 20.4. The average molecular weight is 429 g/mol. The number of aromatic amines is 1. The van der Waals surface area contributed by atoms with Crippen LogP contribution in [0.4, 0.5) is 0 Å². The second kappa shape index (κ2) is 8.91. The Morgan fingerprint density at radius 1 is 1.12 bits per heavy atom. The van der Waals surface area contributed by atoms with Gasteiger partial charge in [0.05, 0.1) is 13.4 Å². The summed E-state index contributed by atoms with van der Waals surface area (Å²) in [4.78, 5) is 22.8. The Bertz CT molecular complexity index is 1190. The molecule has 1 aliphatic heterocycles. The summed E-state index contributed by atoms with van der Waals surface area (Å²) in [6.07, 6.45) is 8.89. The normalized spacial score (nSPS) is 14.7. The molecule has 1 N–H and O–H groups in total. The maximum Gasteiger partial charge on any atom is 0.222 e. The summed E-state index contributed by atoms with van der Waals surface area (Å²) in [6, 6.07) is 16.8. The minimum atomic E-state index is 0.236. The molecule has 164 valence electrons. The number of ether oxygens (including phenoxy) is 1. The van der Waals surface area contributed by atoms with Crippen molar-refractivity contribution >= 4 is 16.8 Å². The van der Waals surface area contributed by atoms with Crippen molar-refractivity contribution in [2.75, 3.05) is 20.2 Å². The van der Waals surface area contributed by atoms with Gasteiger partial charge in [0.1, 0.15) is 5.75 Å². The third-order valence-electron chi connectivity index (χ3n) is 6.54. The molecule has 6 nitrogen and oxygen atoms in total. The number of benzene rings is 2. The van der Waals surface area contributed by atoms with Crippen LogP contribution >= 0.6 is 0 Å². The number of hydrogen-bond acceptors (Lipinski definition) is 3. The number of rotatable bonds is 6. The topological polar surface area (TPSA) is 63.2 Å². The highest BCUT2D eigenvalue weighted by Gasteiger charge is 2.24. The Balaban J connectivity index is 1.31. The average Bonchev–Trinajstić information content (AvgIpc) is 3.51. The van der Waals surface area contributed by atoms with Crippen LogP contribution in [0.5, 0.6) is 5.75 Å². The number of carbonyl (C=O) groups excluding carboxylic acids is 1. The van der Waals surface area contributed by atoms with Crippen LogP contribution in [0.15, 0.2) is 67.3 Å². The van der Waals surface area contributed by atoms with Crippen LogP contribution in [0.25, 0.3) is 22.2 Å². The van der Waals surface area contributed by atoms with Crippen LogP contribution < -0.4 is 4.74 Å². The van der Waals surface area contributed by atoms with E-state index in [0.717, 1.165) is 48.5 Å². The van der Waals surface area contributed by atoms with Crippen LogP contribution in [-0.4, -0.2) is 45.5 Å². The molecule has 1 amide bonds. The molecule has 0 spiro atoms. The number of piperidine rings is 1. The van der Waals surface area contributed by atoms with Crippen LogP contribution in [0.1, 0.15) is 30.9 Å². The van der Waals surface area contributed by atoms with Gasteiger partial charge in [0.15, 0.2) is 0 Å². The lowest BCUT2D eigenvalue weighted by molar-refractivity contribution is -0.132. The van der Waals surface area contributed by atoms with E-state index in [1.165, 1.54) is 10.9 Å². The molecule has 5 rings (SSSR count). The van der Waals surface area contributed by atoms with Crippen molar-refractivity contribution in [3.05, 3.63) is 72.8 Å². The quantitative estimate of drug-likeness (QED) is 0.478. The minimum absolute atomic E-state index is 0.236. The first-order valence-electron chi connectivity index (χ1n) is 11.2. The zero-order chi connectivity index (χ0) is 21.9. The van der Waals surface area contributed by atoms with Crippen LogP contribution in [0, 0.1) is 0 Å². The zero-order valence-corrected chi connectivity index (χ0v) is 18.3. The number of hydrogen-bond donors (Lipinski definition) is 1. The number of methoxy groups -OCH3 is 1. The molecule has 32 heavy (non-hydrogen) atoms. The second-order valence-corrected chi connectivity index (χ2v) is 8.37. The Morgan fingerprint density at radius 2 is 1.91 bits per heavy atom. The summed E-state index contributed by atoms with van der Waals surface area (Å²) in [7, 11) is 1.67. The largest absolute Gasteiger partial charge is 0.497 e. The van der Waals surface area contributed by atoms with Crippen LogP contribution in [-0.2, 0) is 11.2 Å². The van der Waals surface area contributed by atoms with Gasteiger partial charge >= 0.3 is 0 Å². The van der Waals surface area contributed by atoms with Crippen molar-refractivity contribution in [3.63, 3.8) is 0 Å². The fourth-order valence-corrected chi connectivity index (χ4v) is 4.75. The van der Waals surface area contributed by atoms with Crippen molar-refractivity contribution < 1.29 is 9.53 Å². The molecule has 0 radical (unpaired) electrons. The first-order valence-corrected chi connectivity index (χ1v) is 11.2. The van der Waals surface area contributed by atoms with Gasteiger partial charge in [-0.2, -0.15) is 0 Å². The molecule has 2 aromatic heterocycles. The van der Waals surface area contributed by atoms with E-state index < -0.39 is 0 Å². The van der Waals surface area contributed by atoms with E-state index in [4.69, 9.17) is 4.74 Å². The third kappa shape index (κ3) is 4.00. The molecule has 1 aliphatic rings. The number of H-pyrrole nitrogens is 1. The Hall–Kier alpha value is -3.54. The van der Waals surface area contributed by atoms with Gasteiger partial charge < -0.3 is 19.2 Å². The number of aromatic nitrogens is 3. The summed E-state index contributed by atoms with van der Waals surface area (Å²) < 4.78 is 7.47. The van der Waals surface area contributed by atoms with Crippen LogP contribution in [0.3, 0.4) is 0 Å². The summed E-state index contributed by atoms with van der Waals surface area (Å²) in [5, 5.41) is 1.19. The van der Waals surface area contributed by atoms with E-state index in [2.05, 4.69) is 44.9 Å². The monoisotopic (exact) mass is 428 g/mol. The number of amides is 1. The van der Waals surface area contributed by atoms with Gasteiger partial charge in [-0.05, 0) is 60.7 Å². The number of imidazole rings is 1. The molecule has 4 aromatic rings. The lowest BCUT2D eigenvalue weighted by atomic mass is 10.00. The van der Waals surface area contributed by atoms with Gasteiger partial charge in [0.2, 0.25) is 5.91 Å². The molecule has 0 saturated carbocycles. The summed E-state index contributed by atoms with van der Waals surface area (Å²) >= 11 is 0. The highest BCUT2D eigenvalue weighted by molar-refractivity contribution is 5.91. The summed E-state index contributed by atoms with van der Waals surface area (Å²) in [6.45, 7) is 1.61. The highest BCUT2D eigenvalue weighted by atomic mass is 16.5. The molecular weight excluding hydrogens is 400 g/mol. The van der Waals surface area contributed by atoms with Gasteiger partial charge in [0.25, 0.3) is 0 Å². The molecule has 0 bridgehead atoms. The van der Waals surface area contributed by atoms with E-state index in [-0.39, 0.29) is 5.91 Å². The lowest BCUT2D eigenvalue weighted by Crippen LogP contribution is -2.39. The maximum atomic E-state index is 13.0. The molecule has 1 fully saturated rings. The van der Waals surface area contributed by atoms with Crippen molar-refractivity contribution in [2.24, 2.45) is 0 Å². The van der Waals surface area contributed by atoms with Crippen LogP contribution in [0.2, 0.25) is 0 Å². The zero-order valence-electron chi connectivity index (χ0n) is 18.3. The Kier molecular flexibility index (Phi) is 5.67. The Morgan fingerprint density at radius 3 is 2.62 bits per heavy atom. The molecule has 2 aromatic carbocycles. The van der Waals surface area contributed by atoms with E-state index in [1.807, 2.05) is 41.8 Å². The van der Waals surface area contributed by atoms with E-state index in [1.54, 1.807) is 7.11 Å². The minimum Gasteiger partial charge on any atom is -0.497 e. The molecule has 0 unspecified atom stereocenters. The highest BCUT2D eigenvalue weighted by Crippen LogP contribution is 2.32. The van der Waals surface area contributed by atoms with Gasteiger partial charge in [-0.15, -0.1) is 0 Å². The Labute approximate surface area is 187 Å². The number of nitrogens with zero attached hydrogens (tertiary/aromatic N) is 3. The molecule has 0 aliphatic carbocycles. The van der Waals surface area contributed by atoms with Gasteiger partial charge in [-0.1, -0.05) is 18.2 Å². The van der Waals surface area contributed by atoms with Gasteiger partial charge in [-0.25, -0.2) is 4.98 Å². The summed E-state index contributed by atoms with van der Waals surface area (Å²) in [5.41, 5.74) is 4.49. The van der Waals surface area contributed by atoms with Crippen molar-refractivity contribution in [2.45, 2.75) is 31.7 Å². The maximum absolute atomic E-state index is 13.0. The van der Waals surface area contributed by atoms with E-state index in [9.17, 15) is 4.79 Å². The summed E-state index contributed by atoms with van der Waals surface area (Å²) in [5.74, 6) is 1.07. The van der Waals surface area contributed by atoms with Crippen molar-refractivity contribution in [1.82, 2.24) is 19.4 Å². The number of fused-ring (bicyclic) bond motifs is 1. The smallest absolute Gasteiger partial charge is 0.222 e.